The van der Waals surface area contributed by atoms with E-state index in [2.05, 4.69) is 0 Å². The molecule has 142 valence electrons. The molecule has 2 aliphatic rings. The minimum atomic E-state index is -1.53. The number of methoxy groups -OCH3 is 1. The lowest BCUT2D eigenvalue weighted by Crippen LogP contribution is -2.64. The zero-order valence-electron chi connectivity index (χ0n) is 13.5. The van der Waals surface area contributed by atoms with Crippen molar-refractivity contribution in [2.75, 3.05) is 20.3 Å². The lowest BCUT2D eigenvalue weighted by atomic mass is 9.95. The molecule has 0 amide bonds. The van der Waals surface area contributed by atoms with Gasteiger partial charge in [-0.3, -0.25) is 0 Å². The van der Waals surface area contributed by atoms with E-state index in [1.165, 1.54) is 14.0 Å². The van der Waals surface area contributed by atoms with Crippen LogP contribution in [0.5, 0.6) is 0 Å². The molecule has 2 aliphatic heterocycles. The molecule has 6 N–H and O–H groups in total. The largest absolute Gasteiger partial charge is 0.394 e. The predicted molar refractivity (Wildman–Crippen MR) is 76.9 cm³/mol. The second kappa shape index (κ2) is 8.32. The number of aliphatic hydroxyl groups excluding tert-OH is 6. The van der Waals surface area contributed by atoms with Crippen molar-refractivity contribution in [3.63, 3.8) is 0 Å². The molecule has 2 heterocycles. The van der Waals surface area contributed by atoms with E-state index in [0.717, 1.165) is 0 Å². The van der Waals surface area contributed by atoms with Gasteiger partial charge in [0.05, 0.1) is 19.3 Å². The van der Waals surface area contributed by atoms with E-state index in [0.29, 0.717) is 0 Å². The molecule has 0 aromatic heterocycles. The zero-order valence-corrected chi connectivity index (χ0v) is 13.5. The van der Waals surface area contributed by atoms with Crippen LogP contribution in [0.25, 0.3) is 0 Å². The first-order valence-electron chi connectivity index (χ1n) is 7.78. The Bertz CT molecular complexity index is 392. The van der Waals surface area contributed by atoms with Gasteiger partial charge >= 0.3 is 0 Å². The highest BCUT2D eigenvalue weighted by Crippen LogP contribution is 2.29. The van der Waals surface area contributed by atoms with Gasteiger partial charge in [0.15, 0.2) is 6.29 Å². The fourth-order valence-electron chi connectivity index (χ4n) is 3.05. The molecule has 0 radical (unpaired) electrons. The van der Waals surface area contributed by atoms with Gasteiger partial charge in [-0.2, -0.15) is 0 Å². The van der Waals surface area contributed by atoms with Crippen LogP contribution in [-0.4, -0.2) is 112 Å². The molecule has 0 bridgehead atoms. The Labute approximate surface area is 139 Å². The third kappa shape index (κ3) is 3.73. The molecule has 24 heavy (non-hydrogen) atoms. The number of hydrogen-bond acceptors (Lipinski definition) is 10. The molecule has 0 aromatic carbocycles. The van der Waals surface area contributed by atoms with E-state index in [1.807, 2.05) is 0 Å². The van der Waals surface area contributed by atoms with Gasteiger partial charge in [0.1, 0.15) is 48.8 Å². The average molecular weight is 354 g/mol. The molecule has 10 heteroatoms. The Kier molecular flexibility index (Phi) is 6.90. The van der Waals surface area contributed by atoms with Gasteiger partial charge in [-0.1, -0.05) is 0 Å². The Hall–Kier alpha value is -0.400. The summed E-state index contributed by atoms with van der Waals surface area (Å²) in [6, 6.07) is 0. The van der Waals surface area contributed by atoms with Gasteiger partial charge in [-0.25, -0.2) is 0 Å². The smallest absolute Gasteiger partial charge is 0.187 e. The van der Waals surface area contributed by atoms with E-state index in [-0.39, 0.29) is 0 Å². The molecule has 0 spiro atoms. The van der Waals surface area contributed by atoms with Crippen LogP contribution < -0.4 is 0 Å². The molecular formula is C14H26O10. The highest BCUT2D eigenvalue weighted by molar-refractivity contribution is 4.95. The first-order valence-corrected chi connectivity index (χ1v) is 7.78. The van der Waals surface area contributed by atoms with Crippen LogP contribution in [0.2, 0.25) is 0 Å². The average Bonchev–Trinajstić information content (AvgIpc) is 2.58. The van der Waals surface area contributed by atoms with Crippen molar-refractivity contribution in [3.8, 4) is 0 Å². The Balaban J connectivity index is 2.12. The van der Waals surface area contributed by atoms with Crippen LogP contribution in [0.15, 0.2) is 0 Å². The second-order valence-corrected chi connectivity index (χ2v) is 6.05. The lowest BCUT2D eigenvalue weighted by molar-refractivity contribution is -0.343. The second-order valence-electron chi connectivity index (χ2n) is 6.05. The molecule has 2 rings (SSSR count). The summed E-state index contributed by atoms with van der Waals surface area (Å²) in [5.74, 6) is 0. The molecule has 2 saturated heterocycles. The zero-order chi connectivity index (χ0) is 18.0. The van der Waals surface area contributed by atoms with Gasteiger partial charge in [0.25, 0.3) is 0 Å². The standard InChI is InChI=1S/C14H26O10/c1-5-8(17)9(18)13(7(4-16)22-5)24-14-11(20)10(19)12(21-2)6(3-15)23-14/h5-20H,3-4H2,1-2H3/t5-,6?,7?,8+,9?,10-,11?,12-,13+,14+/m1/s1. The fourth-order valence-corrected chi connectivity index (χ4v) is 3.05. The predicted octanol–water partition coefficient (Wildman–Crippen LogP) is -3.67. The fraction of sp³-hybridized carbons (Fsp3) is 1.00. The number of ether oxygens (including phenoxy) is 4. The lowest BCUT2D eigenvalue weighted by Gasteiger charge is -2.46. The molecule has 10 atom stereocenters. The van der Waals surface area contributed by atoms with Crippen LogP contribution in [0.4, 0.5) is 0 Å². The monoisotopic (exact) mass is 354 g/mol. The van der Waals surface area contributed by atoms with E-state index in [1.54, 1.807) is 0 Å². The van der Waals surface area contributed by atoms with Crippen molar-refractivity contribution in [1.82, 2.24) is 0 Å². The van der Waals surface area contributed by atoms with Gasteiger partial charge in [0.2, 0.25) is 0 Å². The van der Waals surface area contributed by atoms with Crippen molar-refractivity contribution in [3.05, 3.63) is 0 Å². The number of hydrogen-bond donors (Lipinski definition) is 6. The topological polar surface area (TPSA) is 158 Å². The van der Waals surface area contributed by atoms with E-state index >= 15 is 0 Å². The Morgan fingerprint density at radius 3 is 1.88 bits per heavy atom. The van der Waals surface area contributed by atoms with Crippen LogP contribution in [0.1, 0.15) is 6.92 Å². The van der Waals surface area contributed by atoms with Crippen LogP contribution in [0, 0.1) is 0 Å². The summed E-state index contributed by atoms with van der Waals surface area (Å²) in [6.45, 7) is 0.552. The molecule has 0 aromatic rings. The van der Waals surface area contributed by atoms with Gasteiger partial charge in [0, 0.05) is 7.11 Å². The van der Waals surface area contributed by atoms with Gasteiger partial charge < -0.3 is 49.6 Å². The van der Waals surface area contributed by atoms with E-state index < -0.39 is 74.4 Å². The summed E-state index contributed by atoms with van der Waals surface area (Å²) in [4.78, 5) is 0. The summed E-state index contributed by atoms with van der Waals surface area (Å²) in [7, 11) is 1.30. The molecule has 4 unspecified atom stereocenters. The minimum absolute atomic E-state index is 0.491. The summed E-state index contributed by atoms with van der Waals surface area (Å²) >= 11 is 0. The van der Waals surface area contributed by atoms with Crippen LogP contribution in [0.3, 0.4) is 0 Å². The van der Waals surface area contributed by atoms with E-state index in [9.17, 15) is 30.6 Å². The molecule has 10 nitrogen and oxygen atoms in total. The van der Waals surface area contributed by atoms with Crippen molar-refractivity contribution in [2.24, 2.45) is 0 Å². The first-order chi connectivity index (χ1) is 11.3. The molecule has 0 saturated carbocycles. The van der Waals surface area contributed by atoms with Crippen LogP contribution >= 0.6 is 0 Å². The van der Waals surface area contributed by atoms with E-state index in [4.69, 9.17) is 18.9 Å². The molecule has 2 fully saturated rings. The normalized spacial score (nSPS) is 50.0. The van der Waals surface area contributed by atoms with Crippen molar-refractivity contribution < 1.29 is 49.6 Å². The Morgan fingerprint density at radius 1 is 0.792 bits per heavy atom. The third-order valence-electron chi connectivity index (χ3n) is 4.49. The SMILES string of the molecule is CO[C@@H]1C(CO)O[C@@H](O[C@H]2C(CO)O[C@H](C)[C@H](O)C2O)C(O)[C@H]1O. The summed E-state index contributed by atoms with van der Waals surface area (Å²) in [5, 5.41) is 59.0. The third-order valence-corrected chi connectivity index (χ3v) is 4.49. The van der Waals surface area contributed by atoms with Gasteiger partial charge in [-0.15, -0.1) is 0 Å². The minimum Gasteiger partial charge on any atom is -0.394 e. The number of rotatable bonds is 5. The highest BCUT2D eigenvalue weighted by atomic mass is 16.7. The maximum absolute atomic E-state index is 10.2. The quantitative estimate of drug-likeness (QED) is 0.290. The Morgan fingerprint density at radius 2 is 1.33 bits per heavy atom. The maximum atomic E-state index is 10.2. The van der Waals surface area contributed by atoms with Crippen molar-refractivity contribution in [2.45, 2.75) is 68.1 Å². The van der Waals surface area contributed by atoms with Crippen molar-refractivity contribution in [1.29, 1.82) is 0 Å². The number of aliphatic hydroxyl groups is 6. The summed E-state index contributed by atoms with van der Waals surface area (Å²) in [6.07, 6.45) is -11.8. The summed E-state index contributed by atoms with van der Waals surface area (Å²) < 4.78 is 21.2. The molecular weight excluding hydrogens is 328 g/mol. The van der Waals surface area contributed by atoms with Crippen molar-refractivity contribution >= 4 is 0 Å². The van der Waals surface area contributed by atoms with Gasteiger partial charge in [-0.05, 0) is 6.92 Å². The maximum Gasteiger partial charge on any atom is 0.187 e. The summed E-state index contributed by atoms with van der Waals surface area (Å²) in [5.41, 5.74) is 0. The van der Waals surface area contributed by atoms with Crippen LogP contribution in [-0.2, 0) is 18.9 Å². The first kappa shape index (κ1) is 19.9. The highest BCUT2D eigenvalue weighted by Gasteiger charge is 2.50. The molecule has 0 aliphatic carbocycles.